The third-order valence-corrected chi connectivity index (χ3v) is 8.39. The van der Waals surface area contributed by atoms with Crippen LogP contribution >= 0.6 is 0 Å². The average molecular weight is 513 g/mol. The van der Waals surface area contributed by atoms with Crippen molar-refractivity contribution >= 4 is 37.8 Å². The predicted octanol–water partition coefficient (Wildman–Crippen LogP) is 2.94. The van der Waals surface area contributed by atoms with Crippen LogP contribution in [-0.2, 0) is 24.8 Å². The van der Waals surface area contributed by atoms with Gasteiger partial charge in [0.25, 0.3) is 10.0 Å². The molecule has 0 aliphatic heterocycles. The number of nitrogens with zero attached hydrogens (tertiary/aromatic N) is 1. The number of aliphatic carboxylic acids is 1. The van der Waals surface area contributed by atoms with Crippen LogP contribution in [0.5, 0.6) is 11.5 Å². The fourth-order valence-corrected chi connectivity index (χ4v) is 6.02. The molecular weight excluding hydrogens is 484 g/mol. The van der Waals surface area contributed by atoms with Crippen molar-refractivity contribution < 1.29 is 36.2 Å². The van der Waals surface area contributed by atoms with Crippen LogP contribution in [0.4, 0.5) is 5.69 Å². The summed E-state index contributed by atoms with van der Waals surface area (Å²) in [6, 6.07) is 6.85. The van der Waals surface area contributed by atoms with Gasteiger partial charge in [0, 0.05) is 19.2 Å². The monoisotopic (exact) mass is 512 g/mol. The zero-order valence-corrected chi connectivity index (χ0v) is 21.2. The van der Waals surface area contributed by atoms with Gasteiger partial charge in [-0.1, -0.05) is 19.9 Å². The highest BCUT2D eigenvalue weighted by Crippen LogP contribution is 2.37. The molecule has 0 amide bonds. The molecule has 0 saturated carbocycles. The lowest BCUT2D eigenvalue weighted by molar-refractivity contribution is -0.131. The van der Waals surface area contributed by atoms with E-state index >= 15 is 0 Å². The highest BCUT2D eigenvalue weighted by molar-refractivity contribution is 7.93. The first-order valence-electron chi connectivity index (χ1n) is 10.2. The van der Waals surface area contributed by atoms with Gasteiger partial charge in [-0.05, 0) is 48.4 Å². The van der Waals surface area contributed by atoms with Gasteiger partial charge in [0.1, 0.15) is 4.90 Å². The highest BCUT2D eigenvalue weighted by Gasteiger charge is 2.26. The van der Waals surface area contributed by atoms with Crippen LogP contribution in [0.3, 0.4) is 0 Å². The van der Waals surface area contributed by atoms with E-state index in [1.54, 1.807) is 20.8 Å². The van der Waals surface area contributed by atoms with Crippen molar-refractivity contribution in [2.75, 3.05) is 32.0 Å². The van der Waals surface area contributed by atoms with Crippen molar-refractivity contribution in [3.63, 3.8) is 0 Å². The van der Waals surface area contributed by atoms with Gasteiger partial charge < -0.3 is 14.6 Å². The second kappa shape index (κ2) is 10.9. The number of sulfonamides is 2. The van der Waals surface area contributed by atoms with Crippen LogP contribution in [0.2, 0.25) is 0 Å². The Balaban J connectivity index is 2.63. The normalized spacial score (nSPS) is 12.2. The smallest absolute Gasteiger partial charge is 0.328 e. The Morgan fingerprint density at radius 2 is 1.71 bits per heavy atom. The largest absolute Gasteiger partial charge is 0.493 e. The van der Waals surface area contributed by atoms with E-state index in [1.165, 1.54) is 54.9 Å². The third kappa shape index (κ3) is 5.88. The number of hydrogen-bond acceptors (Lipinski definition) is 7. The fourth-order valence-electron chi connectivity index (χ4n) is 3.20. The summed E-state index contributed by atoms with van der Waals surface area (Å²) in [6.45, 7) is 5.59. The second-order valence-electron chi connectivity index (χ2n) is 7.10. The van der Waals surface area contributed by atoms with Gasteiger partial charge in [-0.25, -0.2) is 21.6 Å². The Morgan fingerprint density at radius 3 is 2.24 bits per heavy atom. The average Bonchev–Trinajstić information content (AvgIpc) is 2.78. The standard InChI is InChI=1S/C22H28N2O8S2/c1-6-24(7-2)34(29,30)17-10-8-15(3)18(14-17)23-33(27,28)20-13-16(9-11-21(25)26)12-19(31-4)22(20)32-5/h8-14,23H,6-7H2,1-5H3,(H,25,26). The van der Waals surface area contributed by atoms with Crippen molar-refractivity contribution in [3.05, 3.63) is 47.5 Å². The molecule has 0 spiro atoms. The van der Waals surface area contributed by atoms with E-state index in [0.29, 0.717) is 5.56 Å². The number of aryl methyl sites for hydroxylation is 1. The molecule has 2 aromatic rings. The first-order chi connectivity index (χ1) is 15.9. The summed E-state index contributed by atoms with van der Waals surface area (Å²) in [4.78, 5) is 10.5. The highest BCUT2D eigenvalue weighted by atomic mass is 32.2. The fraction of sp³-hybridized carbons (Fsp3) is 0.318. The summed E-state index contributed by atoms with van der Waals surface area (Å²) in [7, 11) is -5.54. The van der Waals surface area contributed by atoms with E-state index in [4.69, 9.17) is 14.6 Å². The number of carboxylic acid groups (broad SMARTS) is 1. The zero-order chi connectivity index (χ0) is 25.7. The molecule has 0 bridgehead atoms. The van der Waals surface area contributed by atoms with Gasteiger partial charge in [0.2, 0.25) is 10.0 Å². The molecule has 2 N–H and O–H groups in total. The van der Waals surface area contributed by atoms with Crippen LogP contribution in [0.15, 0.2) is 46.2 Å². The lowest BCUT2D eigenvalue weighted by Gasteiger charge is -2.20. The van der Waals surface area contributed by atoms with Gasteiger partial charge >= 0.3 is 5.97 Å². The minimum atomic E-state index is -4.31. The van der Waals surface area contributed by atoms with Crippen molar-refractivity contribution in [1.29, 1.82) is 0 Å². The van der Waals surface area contributed by atoms with E-state index in [9.17, 15) is 21.6 Å². The zero-order valence-electron chi connectivity index (χ0n) is 19.5. The Morgan fingerprint density at radius 1 is 1.06 bits per heavy atom. The molecule has 0 radical (unpaired) electrons. The van der Waals surface area contributed by atoms with Crippen molar-refractivity contribution in [2.45, 2.75) is 30.6 Å². The SMILES string of the molecule is CCN(CC)S(=O)(=O)c1ccc(C)c(NS(=O)(=O)c2cc(C=CC(=O)O)cc(OC)c2OC)c1. The van der Waals surface area contributed by atoms with E-state index < -0.39 is 26.0 Å². The Bertz CT molecular complexity index is 1300. The molecule has 34 heavy (non-hydrogen) atoms. The molecule has 0 aliphatic rings. The molecule has 0 saturated heterocycles. The van der Waals surface area contributed by atoms with E-state index in [1.807, 2.05) is 0 Å². The molecule has 0 aliphatic carbocycles. The minimum absolute atomic E-state index is 0.0535. The van der Waals surface area contributed by atoms with Gasteiger partial charge in [0.15, 0.2) is 11.5 Å². The van der Waals surface area contributed by atoms with Crippen molar-refractivity contribution in [2.24, 2.45) is 0 Å². The lowest BCUT2D eigenvalue weighted by Crippen LogP contribution is -2.30. The van der Waals surface area contributed by atoms with Gasteiger partial charge in [0.05, 0.1) is 24.8 Å². The van der Waals surface area contributed by atoms with Crippen LogP contribution in [-0.4, -0.2) is 59.5 Å². The maximum atomic E-state index is 13.4. The molecule has 2 rings (SSSR count). The molecule has 0 atom stereocenters. The van der Waals surface area contributed by atoms with Crippen LogP contribution in [0, 0.1) is 6.92 Å². The first-order valence-corrected chi connectivity index (χ1v) is 13.1. The van der Waals surface area contributed by atoms with E-state index in [-0.39, 0.29) is 45.6 Å². The third-order valence-electron chi connectivity index (χ3n) is 4.97. The number of benzene rings is 2. The molecule has 10 nitrogen and oxygen atoms in total. The van der Waals surface area contributed by atoms with E-state index in [2.05, 4.69) is 4.72 Å². The second-order valence-corrected chi connectivity index (χ2v) is 10.7. The number of ether oxygens (including phenoxy) is 2. The Hall–Kier alpha value is -3.09. The number of methoxy groups -OCH3 is 2. The summed E-state index contributed by atoms with van der Waals surface area (Å²) >= 11 is 0. The molecule has 12 heteroatoms. The number of hydrogen-bond donors (Lipinski definition) is 2. The molecular formula is C22H28N2O8S2. The van der Waals surface area contributed by atoms with Crippen LogP contribution in [0.25, 0.3) is 6.08 Å². The number of carboxylic acids is 1. The molecule has 0 unspecified atom stereocenters. The summed E-state index contributed by atoms with van der Waals surface area (Å²) in [6.07, 6.45) is 2.07. The quantitative estimate of drug-likeness (QED) is 0.438. The maximum absolute atomic E-state index is 13.4. The van der Waals surface area contributed by atoms with Crippen LogP contribution in [0.1, 0.15) is 25.0 Å². The molecule has 2 aromatic carbocycles. The summed E-state index contributed by atoms with van der Waals surface area (Å²) in [5, 5.41) is 8.90. The van der Waals surface area contributed by atoms with Crippen molar-refractivity contribution in [1.82, 2.24) is 4.31 Å². The minimum Gasteiger partial charge on any atom is -0.493 e. The molecule has 0 aromatic heterocycles. The number of rotatable bonds is 11. The summed E-state index contributed by atoms with van der Waals surface area (Å²) in [5.41, 5.74) is 0.811. The predicted molar refractivity (Wildman–Crippen MR) is 128 cm³/mol. The maximum Gasteiger partial charge on any atom is 0.328 e. The number of carbonyl (C=O) groups is 1. The molecule has 0 heterocycles. The van der Waals surface area contributed by atoms with Crippen molar-refractivity contribution in [3.8, 4) is 11.5 Å². The molecule has 0 fully saturated rings. The first kappa shape index (κ1) is 27.2. The lowest BCUT2D eigenvalue weighted by atomic mass is 10.2. The number of nitrogens with one attached hydrogen (secondary N) is 1. The number of anilines is 1. The van der Waals surface area contributed by atoms with E-state index in [0.717, 1.165) is 6.08 Å². The molecule has 186 valence electrons. The summed E-state index contributed by atoms with van der Waals surface area (Å²) < 4.78 is 66.7. The Labute approximate surface area is 199 Å². The Kier molecular flexibility index (Phi) is 8.70. The summed E-state index contributed by atoms with van der Waals surface area (Å²) in [5.74, 6) is -1.23. The van der Waals surface area contributed by atoms with Gasteiger partial charge in [-0.15, -0.1) is 0 Å². The topological polar surface area (TPSA) is 139 Å². The van der Waals surface area contributed by atoms with Gasteiger partial charge in [-0.3, -0.25) is 4.72 Å². The van der Waals surface area contributed by atoms with Crippen LogP contribution < -0.4 is 14.2 Å². The van der Waals surface area contributed by atoms with Gasteiger partial charge in [-0.2, -0.15) is 4.31 Å².